The highest BCUT2D eigenvalue weighted by Crippen LogP contribution is 2.16. The fourth-order valence-electron chi connectivity index (χ4n) is 0.864. The molecule has 0 atom stereocenters. The molecule has 0 aliphatic rings. The van der Waals surface area contributed by atoms with Gasteiger partial charge >= 0.3 is 0 Å². The van der Waals surface area contributed by atoms with Crippen LogP contribution in [0.4, 0.5) is 0 Å². The highest BCUT2D eigenvalue weighted by molar-refractivity contribution is 5.34. The van der Waals surface area contributed by atoms with Gasteiger partial charge in [0.2, 0.25) is 0 Å². The second-order valence-electron chi connectivity index (χ2n) is 2.53. The van der Waals surface area contributed by atoms with Gasteiger partial charge in [-0.1, -0.05) is 19.1 Å². The Morgan fingerprint density at radius 2 is 1.91 bits per heavy atom. The first-order valence-electron chi connectivity index (χ1n) is 3.56. The molecule has 1 aromatic carbocycles. The van der Waals surface area contributed by atoms with Gasteiger partial charge in [0.05, 0.1) is 0 Å². The molecule has 0 bridgehead atoms. The number of aromatic hydroxyl groups is 1. The van der Waals surface area contributed by atoms with Gasteiger partial charge in [-0.2, -0.15) is 0 Å². The Morgan fingerprint density at radius 3 is 2.36 bits per heavy atom. The zero-order valence-corrected chi connectivity index (χ0v) is 6.54. The molecule has 0 aliphatic carbocycles. The molecule has 0 heterocycles. The minimum atomic E-state index is 0.290. The number of phenols is 1. The summed E-state index contributed by atoms with van der Waals surface area (Å²) in [6.07, 6.45) is 0. The van der Waals surface area contributed by atoms with Crippen molar-refractivity contribution in [2.45, 2.75) is 6.92 Å². The lowest BCUT2D eigenvalue weighted by molar-refractivity contribution is 0.475. The van der Waals surface area contributed by atoms with Crippen molar-refractivity contribution >= 4 is 0 Å². The third-order valence-corrected chi connectivity index (χ3v) is 1.67. The van der Waals surface area contributed by atoms with Gasteiger partial charge in [0.25, 0.3) is 0 Å². The highest BCUT2D eigenvalue weighted by Gasteiger charge is 2.01. The van der Waals surface area contributed by atoms with Crippen LogP contribution < -0.4 is 5.73 Å². The van der Waals surface area contributed by atoms with Crippen molar-refractivity contribution < 1.29 is 5.11 Å². The summed E-state index contributed by atoms with van der Waals surface area (Å²) in [4.78, 5) is 0. The number of benzene rings is 1. The molecule has 0 spiro atoms. The molecule has 0 unspecified atom stereocenters. The van der Waals surface area contributed by atoms with Crippen LogP contribution in [0.25, 0.3) is 0 Å². The van der Waals surface area contributed by atoms with Crippen LogP contribution >= 0.6 is 0 Å². The van der Waals surface area contributed by atoms with E-state index in [9.17, 15) is 0 Å². The topological polar surface area (TPSA) is 46.2 Å². The SMILES string of the molecule is C[C](CN)c1ccc(O)cc1. The Hall–Kier alpha value is -1.02. The van der Waals surface area contributed by atoms with Crippen LogP contribution in [0.15, 0.2) is 24.3 Å². The molecule has 0 saturated heterocycles. The number of phenolic OH excluding ortho intramolecular Hbond substituents is 1. The quantitative estimate of drug-likeness (QED) is 0.667. The molecule has 0 amide bonds. The van der Waals surface area contributed by atoms with E-state index < -0.39 is 0 Å². The van der Waals surface area contributed by atoms with Crippen molar-refractivity contribution in [3.8, 4) is 5.75 Å². The molecule has 1 rings (SSSR count). The first kappa shape index (κ1) is 8.08. The molecule has 0 saturated carbocycles. The molecular weight excluding hydrogens is 138 g/mol. The normalized spacial score (nSPS) is 10.5. The highest BCUT2D eigenvalue weighted by atomic mass is 16.3. The van der Waals surface area contributed by atoms with Crippen molar-refractivity contribution in [3.63, 3.8) is 0 Å². The van der Waals surface area contributed by atoms with Crippen LogP contribution in [0, 0.1) is 5.92 Å². The Balaban J connectivity index is 2.81. The summed E-state index contributed by atoms with van der Waals surface area (Å²) in [5.74, 6) is 1.42. The average Bonchev–Trinajstić information content (AvgIpc) is 2.05. The van der Waals surface area contributed by atoms with E-state index in [0.717, 1.165) is 11.5 Å². The predicted octanol–water partition coefficient (Wildman–Crippen LogP) is 1.29. The average molecular weight is 150 g/mol. The maximum atomic E-state index is 8.97. The minimum Gasteiger partial charge on any atom is -0.508 e. The number of rotatable bonds is 2. The van der Waals surface area contributed by atoms with Gasteiger partial charge in [0, 0.05) is 12.5 Å². The second-order valence-corrected chi connectivity index (χ2v) is 2.53. The van der Waals surface area contributed by atoms with Crippen LogP contribution in [0.3, 0.4) is 0 Å². The smallest absolute Gasteiger partial charge is 0.115 e. The van der Waals surface area contributed by atoms with Crippen LogP contribution in [-0.2, 0) is 0 Å². The van der Waals surface area contributed by atoms with Crippen LogP contribution in [0.5, 0.6) is 5.75 Å². The van der Waals surface area contributed by atoms with Gasteiger partial charge in [-0.25, -0.2) is 0 Å². The van der Waals surface area contributed by atoms with Crippen LogP contribution in [-0.4, -0.2) is 11.7 Å². The van der Waals surface area contributed by atoms with Gasteiger partial charge in [0.15, 0.2) is 0 Å². The van der Waals surface area contributed by atoms with Crippen molar-refractivity contribution in [3.05, 3.63) is 35.7 Å². The van der Waals surface area contributed by atoms with E-state index >= 15 is 0 Å². The Bertz CT molecular complexity index is 218. The van der Waals surface area contributed by atoms with E-state index in [2.05, 4.69) is 0 Å². The summed E-state index contributed by atoms with van der Waals surface area (Å²) < 4.78 is 0. The Morgan fingerprint density at radius 1 is 1.36 bits per heavy atom. The summed E-state index contributed by atoms with van der Waals surface area (Å²) in [5, 5.41) is 8.97. The summed E-state index contributed by atoms with van der Waals surface area (Å²) in [5.41, 5.74) is 6.53. The molecule has 11 heavy (non-hydrogen) atoms. The van der Waals surface area contributed by atoms with E-state index in [1.54, 1.807) is 12.1 Å². The molecule has 59 valence electrons. The van der Waals surface area contributed by atoms with E-state index in [4.69, 9.17) is 10.8 Å². The number of hydrogen-bond acceptors (Lipinski definition) is 2. The first-order valence-corrected chi connectivity index (χ1v) is 3.56. The maximum absolute atomic E-state index is 8.97. The van der Waals surface area contributed by atoms with E-state index in [0.29, 0.717) is 12.3 Å². The molecule has 1 radical (unpaired) electrons. The summed E-state index contributed by atoms with van der Waals surface area (Å²) in [7, 11) is 0. The van der Waals surface area contributed by atoms with Gasteiger partial charge in [-0.3, -0.25) is 0 Å². The number of nitrogens with two attached hydrogens (primary N) is 1. The maximum Gasteiger partial charge on any atom is 0.115 e. The lowest BCUT2D eigenvalue weighted by atomic mass is 10.0. The molecular formula is C9H12NO. The standard InChI is InChI=1S/C9H12NO/c1-7(6-10)8-2-4-9(11)5-3-8/h2-5,11H,6,10H2,1H3. The fraction of sp³-hybridized carbons (Fsp3) is 0.222. The first-order chi connectivity index (χ1) is 5.24. The third-order valence-electron chi connectivity index (χ3n) is 1.67. The predicted molar refractivity (Wildman–Crippen MR) is 45.2 cm³/mol. The molecule has 2 nitrogen and oxygen atoms in total. The van der Waals surface area contributed by atoms with Gasteiger partial charge in [0.1, 0.15) is 5.75 Å². The number of hydrogen-bond donors (Lipinski definition) is 2. The van der Waals surface area contributed by atoms with E-state index in [-0.39, 0.29) is 0 Å². The third kappa shape index (κ3) is 1.95. The zero-order valence-electron chi connectivity index (χ0n) is 6.54. The Kier molecular flexibility index (Phi) is 2.49. The van der Waals surface area contributed by atoms with Crippen LogP contribution in [0.2, 0.25) is 0 Å². The van der Waals surface area contributed by atoms with Gasteiger partial charge < -0.3 is 10.8 Å². The molecule has 3 N–H and O–H groups in total. The van der Waals surface area contributed by atoms with Crippen molar-refractivity contribution in [2.24, 2.45) is 5.73 Å². The fourth-order valence-corrected chi connectivity index (χ4v) is 0.864. The van der Waals surface area contributed by atoms with Gasteiger partial charge in [-0.15, -0.1) is 0 Å². The summed E-state index contributed by atoms with van der Waals surface area (Å²) in [6, 6.07) is 7.04. The molecule has 0 aliphatic heterocycles. The summed E-state index contributed by atoms with van der Waals surface area (Å²) >= 11 is 0. The molecule has 2 heteroatoms. The second kappa shape index (κ2) is 3.39. The van der Waals surface area contributed by atoms with Crippen molar-refractivity contribution in [1.82, 2.24) is 0 Å². The van der Waals surface area contributed by atoms with Crippen molar-refractivity contribution in [1.29, 1.82) is 0 Å². The zero-order chi connectivity index (χ0) is 8.27. The largest absolute Gasteiger partial charge is 0.508 e. The lowest BCUT2D eigenvalue weighted by Crippen LogP contribution is -2.09. The van der Waals surface area contributed by atoms with Crippen molar-refractivity contribution in [2.75, 3.05) is 6.54 Å². The molecule has 1 aromatic rings. The monoisotopic (exact) mass is 150 g/mol. The summed E-state index contributed by atoms with van der Waals surface area (Å²) in [6.45, 7) is 2.54. The van der Waals surface area contributed by atoms with Gasteiger partial charge in [-0.05, 0) is 17.7 Å². The van der Waals surface area contributed by atoms with E-state index in [1.165, 1.54) is 0 Å². The Labute approximate surface area is 66.7 Å². The lowest BCUT2D eigenvalue weighted by Gasteiger charge is -2.06. The van der Waals surface area contributed by atoms with Crippen LogP contribution in [0.1, 0.15) is 12.5 Å². The molecule has 0 fully saturated rings. The molecule has 0 aromatic heterocycles. The van der Waals surface area contributed by atoms with E-state index in [1.807, 2.05) is 19.1 Å². The minimum absolute atomic E-state index is 0.290.